The van der Waals surface area contributed by atoms with E-state index in [9.17, 15) is 15.0 Å². The Bertz CT molecular complexity index is 630. The van der Waals surface area contributed by atoms with Crippen LogP contribution < -0.4 is 5.32 Å². The van der Waals surface area contributed by atoms with Crippen LogP contribution in [0.4, 0.5) is 0 Å². The summed E-state index contributed by atoms with van der Waals surface area (Å²) < 4.78 is 0. The van der Waals surface area contributed by atoms with Gasteiger partial charge in [-0.1, -0.05) is 24.3 Å². The lowest BCUT2D eigenvalue weighted by Crippen LogP contribution is -2.53. The molecule has 136 valence electrons. The SMILES string of the molecule is O=C([C@@H]1NC[C@@H](O)[C@H]1O)N1CCC(N2CCc3ccccc3C2)CC1. The lowest BCUT2D eigenvalue weighted by molar-refractivity contribution is -0.137. The van der Waals surface area contributed by atoms with Crippen molar-refractivity contribution in [1.82, 2.24) is 15.1 Å². The average Bonchev–Trinajstić information content (AvgIpc) is 3.00. The van der Waals surface area contributed by atoms with Crippen LogP contribution in [0.1, 0.15) is 24.0 Å². The molecule has 3 N–H and O–H groups in total. The van der Waals surface area contributed by atoms with Crippen LogP contribution in [-0.2, 0) is 17.8 Å². The summed E-state index contributed by atoms with van der Waals surface area (Å²) in [6.07, 6.45) is 1.20. The number of benzene rings is 1. The first-order chi connectivity index (χ1) is 12.1. The summed E-state index contributed by atoms with van der Waals surface area (Å²) in [5.74, 6) is -0.0773. The van der Waals surface area contributed by atoms with E-state index in [2.05, 4.69) is 34.5 Å². The van der Waals surface area contributed by atoms with Gasteiger partial charge in [-0.3, -0.25) is 9.69 Å². The molecule has 6 heteroatoms. The van der Waals surface area contributed by atoms with Crippen molar-refractivity contribution >= 4 is 5.91 Å². The van der Waals surface area contributed by atoms with Crippen molar-refractivity contribution in [3.63, 3.8) is 0 Å². The van der Waals surface area contributed by atoms with Crippen molar-refractivity contribution in [1.29, 1.82) is 0 Å². The highest BCUT2D eigenvalue weighted by molar-refractivity contribution is 5.83. The molecule has 1 amide bonds. The number of hydrogen-bond acceptors (Lipinski definition) is 5. The second-order valence-corrected chi connectivity index (χ2v) is 7.49. The van der Waals surface area contributed by atoms with E-state index >= 15 is 0 Å². The first kappa shape index (κ1) is 17.0. The lowest BCUT2D eigenvalue weighted by atomic mass is 9.95. The van der Waals surface area contributed by atoms with Crippen molar-refractivity contribution in [2.45, 2.75) is 50.1 Å². The predicted molar refractivity (Wildman–Crippen MR) is 94.0 cm³/mol. The first-order valence-corrected chi connectivity index (χ1v) is 9.32. The Morgan fingerprint density at radius 1 is 1.08 bits per heavy atom. The normalized spacial score (nSPS) is 31.1. The standard InChI is InChI=1S/C19H27N3O3/c23-16-11-20-17(18(16)24)19(25)21-9-6-15(7-10-21)22-8-5-13-3-1-2-4-14(13)12-22/h1-4,15-18,20,23-24H,5-12H2/t16-,17-,18-/m1/s1. The summed E-state index contributed by atoms with van der Waals surface area (Å²) in [7, 11) is 0. The number of carbonyl (C=O) groups excluding carboxylic acids is 1. The molecule has 1 aromatic rings. The molecular weight excluding hydrogens is 318 g/mol. The number of fused-ring (bicyclic) bond motifs is 1. The third kappa shape index (κ3) is 3.31. The van der Waals surface area contributed by atoms with E-state index in [0.29, 0.717) is 6.04 Å². The summed E-state index contributed by atoms with van der Waals surface area (Å²) in [4.78, 5) is 17.0. The van der Waals surface area contributed by atoms with Gasteiger partial charge in [-0.25, -0.2) is 0 Å². The molecule has 4 rings (SSSR count). The van der Waals surface area contributed by atoms with Gasteiger partial charge in [0, 0.05) is 38.8 Å². The third-order valence-corrected chi connectivity index (χ3v) is 6.00. The van der Waals surface area contributed by atoms with Gasteiger partial charge >= 0.3 is 0 Å². The van der Waals surface area contributed by atoms with Gasteiger partial charge in [-0.05, 0) is 30.4 Å². The van der Waals surface area contributed by atoms with Crippen LogP contribution in [0.3, 0.4) is 0 Å². The molecule has 0 aromatic heterocycles. The van der Waals surface area contributed by atoms with Crippen molar-refractivity contribution < 1.29 is 15.0 Å². The minimum Gasteiger partial charge on any atom is -0.389 e. The molecule has 3 aliphatic heterocycles. The monoisotopic (exact) mass is 345 g/mol. The molecule has 0 aliphatic carbocycles. The minimum absolute atomic E-state index is 0.0773. The fourth-order valence-electron chi connectivity index (χ4n) is 4.42. The maximum Gasteiger partial charge on any atom is 0.242 e. The number of rotatable bonds is 2. The number of hydrogen-bond donors (Lipinski definition) is 3. The van der Waals surface area contributed by atoms with Crippen LogP contribution in [0.15, 0.2) is 24.3 Å². The van der Waals surface area contributed by atoms with E-state index in [0.717, 1.165) is 45.4 Å². The number of aliphatic hydroxyl groups excluding tert-OH is 2. The van der Waals surface area contributed by atoms with E-state index in [1.54, 1.807) is 0 Å². The summed E-state index contributed by atoms with van der Waals surface area (Å²) >= 11 is 0. The fourth-order valence-corrected chi connectivity index (χ4v) is 4.42. The van der Waals surface area contributed by atoms with E-state index < -0.39 is 18.2 Å². The number of nitrogens with zero attached hydrogens (tertiary/aromatic N) is 2. The van der Waals surface area contributed by atoms with Crippen molar-refractivity contribution in [2.24, 2.45) is 0 Å². The topological polar surface area (TPSA) is 76.0 Å². The molecule has 0 saturated carbocycles. The number of likely N-dealkylation sites (tertiary alicyclic amines) is 1. The molecule has 0 bridgehead atoms. The van der Waals surface area contributed by atoms with Gasteiger partial charge in [0.1, 0.15) is 12.1 Å². The van der Waals surface area contributed by atoms with Gasteiger partial charge in [0.05, 0.1) is 6.10 Å². The molecule has 3 atom stereocenters. The maximum atomic E-state index is 12.6. The number of carbonyl (C=O) groups is 1. The van der Waals surface area contributed by atoms with Crippen LogP contribution in [0.5, 0.6) is 0 Å². The third-order valence-electron chi connectivity index (χ3n) is 6.00. The molecular formula is C19H27N3O3. The average molecular weight is 345 g/mol. The Kier molecular flexibility index (Phi) is 4.78. The Morgan fingerprint density at radius 2 is 1.80 bits per heavy atom. The second-order valence-electron chi connectivity index (χ2n) is 7.49. The minimum atomic E-state index is -0.996. The zero-order chi connectivity index (χ0) is 17.4. The van der Waals surface area contributed by atoms with Crippen LogP contribution in [-0.4, -0.2) is 76.4 Å². The Hall–Kier alpha value is -1.47. The van der Waals surface area contributed by atoms with E-state index in [1.165, 1.54) is 11.1 Å². The summed E-state index contributed by atoms with van der Waals surface area (Å²) in [5, 5.41) is 22.5. The maximum absolute atomic E-state index is 12.6. The van der Waals surface area contributed by atoms with Crippen molar-refractivity contribution in [2.75, 3.05) is 26.2 Å². The predicted octanol–water partition coefficient (Wildman–Crippen LogP) is -0.271. The van der Waals surface area contributed by atoms with Gasteiger partial charge in [0.15, 0.2) is 0 Å². The largest absolute Gasteiger partial charge is 0.389 e. The molecule has 2 saturated heterocycles. The Morgan fingerprint density at radius 3 is 2.48 bits per heavy atom. The number of piperidine rings is 1. The molecule has 0 unspecified atom stereocenters. The van der Waals surface area contributed by atoms with Gasteiger partial charge in [-0.15, -0.1) is 0 Å². The van der Waals surface area contributed by atoms with Gasteiger partial charge < -0.3 is 20.4 Å². The molecule has 6 nitrogen and oxygen atoms in total. The van der Waals surface area contributed by atoms with Crippen molar-refractivity contribution in [3.8, 4) is 0 Å². The summed E-state index contributed by atoms with van der Waals surface area (Å²) in [6.45, 7) is 3.82. The van der Waals surface area contributed by atoms with Gasteiger partial charge in [0.2, 0.25) is 5.91 Å². The van der Waals surface area contributed by atoms with Crippen molar-refractivity contribution in [3.05, 3.63) is 35.4 Å². The first-order valence-electron chi connectivity index (χ1n) is 9.32. The zero-order valence-corrected chi connectivity index (χ0v) is 14.5. The van der Waals surface area contributed by atoms with Crippen LogP contribution in [0.25, 0.3) is 0 Å². The highest BCUT2D eigenvalue weighted by Crippen LogP contribution is 2.25. The number of β-amino-alcohol motifs (C(OH)–C–C–N with tert-alkyl or cyclic N) is 1. The Balaban J connectivity index is 1.32. The lowest BCUT2D eigenvalue weighted by Gasteiger charge is -2.41. The summed E-state index contributed by atoms with van der Waals surface area (Å²) in [6, 6.07) is 8.53. The number of aliphatic hydroxyl groups is 2. The van der Waals surface area contributed by atoms with E-state index in [-0.39, 0.29) is 12.5 Å². The molecule has 0 spiro atoms. The number of nitrogens with one attached hydrogen (secondary N) is 1. The summed E-state index contributed by atoms with van der Waals surface area (Å²) in [5.41, 5.74) is 2.89. The highest BCUT2D eigenvalue weighted by Gasteiger charge is 2.41. The van der Waals surface area contributed by atoms with Gasteiger partial charge in [-0.2, -0.15) is 0 Å². The molecule has 1 aromatic carbocycles. The molecule has 0 radical (unpaired) electrons. The zero-order valence-electron chi connectivity index (χ0n) is 14.5. The van der Waals surface area contributed by atoms with E-state index in [1.807, 2.05) is 4.90 Å². The van der Waals surface area contributed by atoms with Crippen LogP contribution >= 0.6 is 0 Å². The van der Waals surface area contributed by atoms with Gasteiger partial charge in [0.25, 0.3) is 0 Å². The highest BCUT2D eigenvalue weighted by atomic mass is 16.3. The smallest absolute Gasteiger partial charge is 0.242 e. The second kappa shape index (κ2) is 7.03. The van der Waals surface area contributed by atoms with Crippen LogP contribution in [0.2, 0.25) is 0 Å². The Labute approximate surface area is 148 Å². The molecule has 2 fully saturated rings. The fraction of sp³-hybridized carbons (Fsp3) is 0.632. The molecule has 3 aliphatic rings. The van der Waals surface area contributed by atoms with E-state index in [4.69, 9.17) is 0 Å². The molecule has 25 heavy (non-hydrogen) atoms. The molecule has 3 heterocycles. The number of amides is 1. The van der Waals surface area contributed by atoms with Crippen LogP contribution in [0, 0.1) is 0 Å². The quantitative estimate of drug-likeness (QED) is 0.688.